The van der Waals surface area contributed by atoms with Gasteiger partial charge in [0.1, 0.15) is 17.7 Å². The largest absolute Gasteiger partial charge is 0.324 e. The summed E-state index contributed by atoms with van der Waals surface area (Å²) < 4.78 is 53.6. The second kappa shape index (κ2) is 7.51. The van der Waals surface area contributed by atoms with Gasteiger partial charge >= 0.3 is 0 Å². The number of benzene rings is 2. The van der Waals surface area contributed by atoms with Gasteiger partial charge in [-0.3, -0.25) is 4.79 Å². The second-order valence-electron chi connectivity index (χ2n) is 6.09. The molecule has 1 amide bonds. The van der Waals surface area contributed by atoms with Gasteiger partial charge in [0, 0.05) is 18.3 Å². The first-order chi connectivity index (χ1) is 12.4. The Kier molecular flexibility index (Phi) is 5.33. The van der Waals surface area contributed by atoms with Crippen LogP contribution in [0.4, 0.5) is 14.5 Å². The molecule has 2 aromatic carbocycles. The van der Waals surface area contributed by atoms with E-state index in [9.17, 15) is 22.0 Å². The molecular formula is C18H18F2N2O3S. The monoisotopic (exact) mass is 380 g/mol. The maximum atomic E-state index is 13.3. The number of halogens is 2. The van der Waals surface area contributed by atoms with Gasteiger partial charge in [-0.25, -0.2) is 17.2 Å². The van der Waals surface area contributed by atoms with E-state index < -0.39 is 33.6 Å². The molecule has 138 valence electrons. The number of carbonyl (C=O) groups excluding carboxylic acids is 1. The van der Waals surface area contributed by atoms with Crippen LogP contribution in [-0.4, -0.2) is 31.2 Å². The van der Waals surface area contributed by atoms with Crippen molar-refractivity contribution in [3.05, 3.63) is 60.2 Å². The van der Waals surface area contributed by atoms with Crippen LogP contribution in [-0.2, 0) is 14.8 Å². The minimum absolute atomic E-state index is 0.0462. The lowest BCUT2D eigenvalue weighted by molar-refractivity contribution is -0.120. The van der Waals surface area contributed by atoms with Gasteiger partial charge < -0.3 is 5.32 Å². The van der Waals surface area contributed by atoms with Crippen LogP contribution < -0.4 is 5.32 Å². The van der Waals surface area contributed by atoms with Crippen LogP contribution in [0.15, 0.2) is 53.4 Å². The molecule has 0 saturated carbocycles. The van der Waals surface area contributed by atoms with Crippen molar-refractivity contribution in [3.63, 3.8) is 0 Å². The molecule has 0 aliphatic carbocycles. The van der Waals surface area contributed by atoms with Crippen LogP contribution in [0.5, 0.6) is 0 Å². The Bertz CT molecular complexity index is 884. The molecule has 26 heavy (non-hydrogen) atoms. The molecule has 1 aliphatic rings. The average molecular weight is 380 g/mol. The third-order valence-electron chi connectivity index (χ3n) is 4.24. The van der Waals surface area contributed by atoms with Crippen molar-refractivity contribution < 1.29 is 22.0 Å². The zero-order chi connectivity index (χ0) is 18.7. The molecule has 1 atom stereocenters. The first-order valence-electron chi connectivity index (χ1n) is 8.22. The minimum Gasteiger partial charge on any atom is -0.324 e. The fourth-order valence-corrected chi connectivity index (χ4v) is 4.71. The summed E-state index contributed by atoms with van der Waals surface area (Å²) in [7, 11) is -3.84. The van der Waals surface area contributed by atoms with Crippen LogP contribution >= 0.6 is 0 Å². The summed E-state index contributed by atoms with van der Waals surface area (Å²) >= 11 is 0. The quantitative estimate of drug-likeness (QED) is 0.886. The molecular weight excluding hydrogens is 362 g/mol. The van der Waals surface area contributed by atoms with Crippen molar-refractivity contribution >= 4 is 21.6 Å². The topological polar surface area (TPSA) is 66.5 Å². The number of nitrogens with zero attached hydrogens (tertiary/aromatic N) is 1. The van der Waals surface area contributed by atoms with Crippen molar-refractivity contribution in [1.82, 2.24) is 4.31 Å². The third kappa shape index (κ3) is 3.91. The number of sulfonamides is 1. The molecule has 1 saturated heterocycles. The van der Waals surface area contributed by atoms with Crippen molar-refractivity contribution in [2.45, 2.75) is 30.2 Å². The minimum atomic E-state index is -3.84. The van der Waals surface area contributed by atoms with E-state index in [1.165, 1.54) is 12.1 Å². The highest BCUT2D eigenvalue weighted by molar-refractivity contribution is 7.89. The van der Waals surface area contributed by atoms with Gasteiger partial charge in [0.05, 0.1) is 4.90 Å². The van der Waals surface area contributed by atoms with Crippen LogP contribution in [0, 0.1) is 11.6 Å². The summed E-state index contributed by atoms with van der Waals surface area (Å²) in [5.41, 5.74) is -0.0462. The molecule has 1 N–H and O–H groups in total. The van der Waals surface area contributed by atoms with Gasteiger partial charge in [-0.2, -0.15) is 4.31 Å². The number of hydrogen-bond donors (Lipinski definition) is 1. The molecule has 1 fully saturated rings. The SMILES string of the molecule is O=C(Nc1cc(F)cc(F)c1)C1CCCCN1S(=O)(=O)c1ccccc1. The van der Waals surface area contributed by atoms with Gasteiger partial charge in [0.2, 0.25) is 15.9 Å². The van der Waals surface area contributed by atoms with Crippen LogP contribution in [0.3, 0.4) is 0 Å². The van der Waals surface area contributed by atoms with Crippen molar-refractivity contribution in [2.75, 3.05) is 11.9 Å². The number of amides is 1. The Morgan fingerprint density at radius 1 is 1.04 bits per heavy atom. The van der Waals surface area contributed by atoms with Gasteiger partial charge in [0.15, 0.2) is 0 Å². The lowest BCUT2D eigenvalue weighted by Gasteiger charge is -2.33. The van der Waals surface area contributed by atoms with Crippen molar-refractivity contribution in [3.8, 4) is 0 Å². The Labute approximate surface area is 150 Å². The maximum Gasteiger partial charge on any atom is 0.243 e. The van der Waals surface area contributed by atoms with Crippen molar-refractivity contribution in [1.29, 1.82) is 0 Å². The Morgan fingerprint density at radius 3 is 2.35 bits per heavy atom. The first kappa shape index (κ1) is 18.5. The molecule has 1 aliphatic heterocycles. The van der Waals surface area contributed by atoms with E-state index in [1.54, 1.807) is 18.2 Å². The molecule has 1 heterocycles. The van der Waals surface area contributed by atoms with E-state index in [4.69, 9.17) is 0 Å². The number of rotatable bonds is 4. The fourth-order valence-electron chi connectivity index (χ4n) is 3.03. The fraction of sp³-hybridized carbons (Fsp3) is 0.278. The number of hydrogen-bond acceptors (Lipinski definition) is 3. The summed E-state index contributed by atoms with van der Waals surface area (Å²) in [6.45, 7) is 0.215. The lowest BCUT2D eigenvalue weighted by Crippen LogP contribution is -2.49. The summed E-state index contributed by atoms with van der Waals surface area (Å²) in [6, 6.07) is 9.62. The van der Waals surface area contributed by atoms with E-state index >= 15 is 0 Å². The standard InChI is InChI=1S/C18H18F2N2O3S/c19-13-10-14(20)12-15(11-13)21-18(23)17-8-4-5-9-22(17)26(24,25)16-6-2-1-3-7-16/h1-3,6-7,10-12,17H,4-5,8-9H2,(H,21,23). The summed E-state index contributed by atoms with van der Waals surface area (Å²) in [6.07, 6.45) is 1.68. The van der Waals surface area contributed by atoms with Gasteiger partial charge in [0.25, 0.3) is 0 Å². The zero-order valence-corrected chi connectivity index (χ0v) is 14.7. The Morgan fingerprint density at radius 2 is 1.69 bits per heavy atom. The molecule has 0 radical (unpaired) electrons. The second-order valence-corrected chi connectivity index (χ2v) is 7.98. The average Bonchev–Trinajstić information content (AvgIpc) is 2.61. The normalized spacial score (nSPS) is 18.5. The maximum absolute atomic E-state index is 13.3. The predicted molar refractivity (Wildman–Crippen MR) is 93.0 cm³/mol. The number of piperidine rings is 1. The zero-order valence-electron chi connectivity index (χ0n) is 13.9. The molecule has 1 unspecified atom stereocenters. The molecule has 8 heteroatoms. The molecule has 2 aromatic rings. The highest BCUT2D eigenvalue weighted by Crippen LogP contribution is 2.26. The summed E-state index contributed by atoms with van der Waals surface area (Å²) in [5.74, 6) is -2.25. The van der Waals surface area contributed by atoms with E-state index in [0.717, 1.165) is 16.4 Å². The first-order valence-corrected chi connectivity index (χ1v) is 9.66. The number of carbonyl (C=O) groups is 1. The Hall–Kier alpha value is -2.32. The predicted octanol–water partition coefficient (Wildman–Crippen LogP) is 3.15. The lowest BCUT2D eigenvalue weighted by atomic mass is 10.0. The van der Waals surface area contributed by atoms with Crippen LogP contribution in [0.2, 0.25) is 0 Å². The molecule has 0 bridgehead atoms. The highest BCUT2D eigenvalue weighted by atomic mass is 32.2. The van der Waals surface area contributed by atoms with E-state index in [2.05, 4.69) is 5.32 Å². The summed E-state index contributed by atoms with van der Waals surface area (Å²) in [5, 5.41) is 2.42. The smallest absolute Gasteiger partial charge is 0.243 e. The van der Waals surface area contributed by atoms with E-state index in [0.29, 0.717) is 25.3 Å². The van der Waals surface area contributed by atoms with Crippen LogP contribution in [0.1, 0.15) is 19.3 Å². The summed E-state index contributed by atoms with van der Waals surface area (Å²) in [4.78, 5) is 12.7. The van der Waals surface area contributed by atoms with Crippen molar-refractivity contribution in [2.24, 2.45) is 0 Å². The Balaban J connectivity index is 1.86. The molecule has 3 rings (SSSR count). The van der Waals surface area contributed by atoms with Crippen LogP contribution in [0.25, 0.3) is 0 Å². The highest BCUT2D eigenvalue weighted by Gasteiger charge is 2.37. The van der Waals surface area contributed by atoms with Gasteiger partial charge in [-0.15, -0.1) is 0 Å². The van der Waals surface area contributed by atoms with E-state index in [1.807, 2.05) is 0 Å². The third-order valence-corrected chi connectivity index (χ3v) is 6.16. The molecule has 0 aromatic heterocycles. The number of nitrogens with one attached hydrogen (secondary N) is 1. The van der Waals surface area contributed by atoms with Gasteiger partial charge in [-0.05, 0) is 37.1 Å². The number of anilines is 1. The molecule has 5 nitrogen and oxygen atoms in total. The van der Waals surface area contributed by atoms with E-state index in [-0.39, 0.29) is 17.1 Å². The van der Waals surface area contributed by atoms with Gasteiger partial charge in [-0.1, -0.05) is 24.6 Å². The molecule has 0 spiro atoms.